The smallest absolute Gasteiger partial charge is 0.329 e. The molecule has 2 aromatic rings. The normalized spacial score (nSPS) is 16.3. The molecule has 1 N–H and O–H groups in total. The second-order valence-electron chi connectivity index (χ2n) is 12.2. The molecule has 2 atom stereocenters. The van der Waals surface area contributed by atoms with Gasteiger partial charge in [0, 0.05) is 23.6 Å². The second kappa shape index (κ2) is 13.9. The van der Waals surface area contributed by atoms with Gasteiger partial charge in [0.1, 0.15) is 12.1 Å². The van der Waals surface area contributed by atoms with Crippen molar-refractivity contribution in [1.82, 2.24) is 4.90 Å². The number of ketones is 1. The zero-order valence-corrected chi connectivity index (χ0v) is 25.7. The van der Waals surface area contributed by atoms with Gasteiger partial charge in [-0.25, -0.2) is 4.79 Å². The monoisotopic (exact) mass is 562 g/mol. The van der Waals surface area contributed by atoms with Crippen molar-refractivity contribution in [3.8, 4) is 0 Å². The van der Waals surface area contributed by atoms with Gasteiger partial charge in [-0.3, -0.25) is 14.4 Å². The Hall–Kier alpha value is -3.48. The Bertz CT molecular complexity index is 1270. The van der Waals surface area contributed by atoms with E-state index in [-0.39, 0.29) is 11.8 Å². The van der Waals surface area contributed by atoms with E-state index in [0.29, 0.717) is 37.9 Å². The lowest BCUT2D eigenvalue weighted by Crippen LogP contribution is -2.53. The number of ether oxygens (including phenoxy) is 1. The number of carbonyl (C=O) groups excluding carboxylic acids is 4. The number of hydrogen-bond donors (Lipinski definition) is 1. The third-order valence-corrected chi connectivity index (χ3v) is 8.30. The molecule has 0 saturated carbocycles. The molecule has 0 radical (unpaired) electrons. The van der Waals surface area contributed by atoms with Crippen molar-refractivity contribution in [2.45, 2.75) is 99.1 Å². The molecule has 0 bridgehead atoms. The summed E-state index contributed by atoms with van der Waals surface area (Å²) in [6.45, 7) is 13.6. The highest BCUT2D eigenvalue weighted by molar-refractivity contribution is 6.38. The maximum absolute atomic E-state index is 13.7. The molecule has 2 amide bonds. The number of likely N-dealkylation sites (tertiary alicyclic amines) is 1. The summed E-state index contributed by atoms with van der Waals surface area (Å²) < 4.78 is 6.17. The average molecular weight is 563 g/mol. The quantitative estimate of drug-likeness (QED) is 0.249. The summed E-state index contributed by atoms with van der Waals surface area (Å²) in [5.41, 5.74) is 4.16. The number of amides is 2. The molecule has 0 aromatic heterocycles. The van der Waals surface area contributed by atoms with Crippen LogP contribution in [0.4, 0.5) is 5.69 Å². The zero-order chi connectivity index (χ0) is 30.3. The molecule has 7 heteroatoms. The molecule has 0 spiro atoms. The van der Waals surface area contributed by atoms with Crippen molar-refractivity contribution in [3.63, 3.8) is 0 Å². The van der Waals surface area contributed by atoms with E-state index in [9.17, 15) is 19.2 Å². The fourth-order valence-electron chi connectivity index (χ4n) is 4.87. The Kier molecular flexibility index (Phi) is 10.9. The van der Waals surface area contributed by atoms with Crippen LogP contribution in [0, 0.1) is 25.2 Å². The van der Waals surface area contributed by atoms with Crippen LogP contribution < -0.4 is 5.32 Å². The molecule has 1 aliphatic rings. The van der Waals surface area contributed by atoms with Gasteiger partial charge in [-0.2, -0.15) is 0 Å². The number of esters is 1. The molecular formula is C34H46N2O5. The van der Waals surface area contributed by atoms with Crippen LogP contribution in [-0.2, 0) is 30.3 Å². The molecule has 2 aromatic carbocycles. The lowest BCUT2D eigenvalue weighted by molar-refractivity contribution is -0.164. The Morgan fingerprint density at radius 3 is 2.41 bits per heavy atom. The number of benzene rings is 2. The summed E-state index contributed by atoms with van der Waals surface area (Å²) in [6, 6.07) is 12.9. The molecule has 222 valence electrons. The molecule has 1 fully saturated rings. The first-order chi connectivity index (χ1) is 19.3. The van der Waals surface area contributed by atoms with Crippen molar-refractivity contribution >= 4 is 29.3 Å². The molecule has 0 unspecified atom stereocenters. The van der Waals surface area contributed by atoms with Crippen molar-refractivity contribution in [2.24, 2.45) is 11.3 Å². The fourth-order valence-corrected chi connectivity index (χ4v) is 4.87. The van der Waals surface area contributed by atoms with Crippen LogP contribution in [0.15, 0.2) is 42.5 Å². The average Bonchev–Trinajstić information content (AvgIpc) is 2.96. The maximum atomic E-state index is 13.7. The lowest BCUT2D eigenvalue weighted by atomic mass is 9.84. The minimum Gasteiger partial charge on any atom is -0.456 e. The van der Waals surface area contributed by atoms with Gasteiger partial charge in [0.15, 0.2) is 0 Å². The van der Waals surface area contributed by atoms with Gasteiger partial charge in [-0.15, -0.1) is 0 Å². The summed E-state index contributed by atoms with van der Waals surface area (Å²) >= 11 is 0. The summed E-state index contributed by atoms with van der Waals surface area (Å²) in [5.74, 6) is -1.85. The van der Waals surface area contributed by atoms with Gasteiger partial charge in [-0.1, -0.05) is 65.0 Å². The molecule has 1 aliphatic heterocycles. The number of nitrogens with one attached hydrogen (secondary N) is 1. The van der Waals surface area contributed by atoms with Crippen LogP contribution in [0.3, 0.4) is 0 Å². The number of nitrogens with zero attached hydrogens (tertiary/aromatic N) is 1. The molecule has 0 aliphatic carbocycles. The van der Waals surface area contributed by atoms with E-state index in [0.717, 1.165) is 24.0 Å². The SMILES string of the molecule is CCC(C)(C)C(=O)C(=O)N1CCCC[C@H]1C(=O)O[C@H](CCc1ccc(C)c(C)c1)c1cccc(NC(=O)C(C)C)c1. The van der Waals surface area contributed by atoms with Crippen LogP contribution in [0.5, 0.6) is 0 Å². The number of hydrogen-bond acceptors (Lipinski definition) is 5. The first kappa shape index (κ1) is 32.0. The van der Waals surface area contributed by atoms with Crippen molar-refractivity contribution in [3.05, 3.63) is 64.7 Å². The van der Waals surface area contributed by atoms with E-state index in [1.54, 1.807) is 13.8 Å². The molecule has 3 rings (SSSR count). The number of rotatable bonds is 11. The van der Waals surface area contributed by atoms with E-state index in [1.165, 1.54) is 16.0 Å². The Morgan fingerprint density at radius 1 is 1.02 bits per heavy atom. The molecule has 41 heavy (non-hydrogen) atoms. The third-order valence-electron chi connectivity index (χ3n) is 8.30. The Balaban J connectivity index is 1.87. The van der Waals surface area contributed by atoms with Gasteiger partial charge in [0.2, 0.25) is 11.7 Å². The summed E-state index contributed by atoms with van der Waals surface area (Å²) in [4.78, 5) is 53.7. The number of anilines is 1. The Labute approximate surface area is 245 Å². The van der Waals surface area contributed by atoms with Crippen molar-refractivity contribution < 1.29 is 23.9 Å². The van der Waals surface area contributed by atoms with E-state index in [4.69, 9.17) is 4.74 Å². The van der Waals surface area contributed by atoms with Crippen LogP contribution >= 0.6 is 0 Å². The van der Waals surface area contributed by atoms with E-state index in [1.807, 2.05) is 45.0 Å². The number of carbonyl (C=O) groups is 4. The van der Waals surface area contributed by atoms with Gasteiger partial charge >= 0.3 is 5.97 Å². The van der Waals surface area contributed by atoms with Crippen LogP contribution in [0.2, 0.25) is 0 Å². The predicted molar refractivity (Wildman–Crippen MR) is 161 cm³/mol. The molecule has 1 saturated heterocycles. The van der Waals surface area contributed by atoms with Crippen LogP contribution in [0.25, 0.3) is 0 Å². The third kappa shape index (κ3) is 8.27. The number of piperidine rings is 1. The molecule has 1 heterocycles. The first-order valence-electron chi connectivity index (χ1n) is 14.9. The zero-order valence-electron chi connectivity index (χ0n) is 25.7. The number of aryl methyl sites for hydroxylation is 3. The summed E-state index contributed by atoms with van der Waals surface area (Å²) in [6.07, 6.45) is 3.11. The van der Waals surface area contributed by atoms with Crippen LogP contribution in [0.1, 0.15) is 95.1 Å². The van der Waals surface area contributed by atoms with E-state index >= 15 is 0 Å². The highest BCUT2D eigenvalue weighted by atomic mass is 16.5. The number of Topliss-reactive ketones (excluding diaryl/α,β-unsaturated/α-hetero) is 1. The fraction of sp³-hybridized carbons (Fsp3) is 0.529. The van der Waals surface area contributed by atoms with E-state index in [2.05, 4.69) is 37.4 Å². The minimum absolute atomic E-state index is 0.0955. The van der Waals surface area contributed by atoms with E-state index < -0.39 is 35.2 Å². The predicted octanol–water partition coefficient (Wildman–Crippen LogP) is 6.50. The lowest BCUT2D eigenvalue weighted by Gasteiger charge is -2.36. The highest BCUT2D eigenvalue weighted by Crippen LogP contribution is 2.30. The van der Waals surface area contributed by atoms with Crippen LogP contribution in [-0.4, -0.2) is 41.1 Å². The second-order valence-corrected chi connectivity index (χ2v) is 12.2. The van der Waals surface area contributed by atoms with Gasteiger partial charge in [0.25, 0.3) is 5.91 Å². The largest absolute Gasteiger partial charge is 0.456 e. The van der Waals surface area contributed by atoms with Gasteiger partial charge in [-0.05, 0) is 86.8 Å². The first-order valence-corrected chi connectivity index (χ1v) is 14.9. The van der Waals surface area contributed by atoms with Gasteiger partial charge in [0.05, 0.1) is 0 Å². The highest BCUT2D eigenvalue weighted by Gasteiger charge is 2.41. The minimum atomic E-state index is -0.805. The molecular weight excluding hydrogens is 516 g/mol. The van der Waals surface area contributed by atoms with Crippen molar-refractivity contribution in [1.29, 1.82) is 0 Å². The topological polar surface area (TPSA) is 92.8 Å². The summed E-state index contributed by atoms with van der Waals surface area (Å²) in [7, 11) is 0. The molecule has 7 nitrogen and oxygen atoms in total. The summed E-state index contributed by atoms with van der Waals surface area (Å²) in [5, 5.41) is 2.93. The van der Waals surface area contributed by atoms with Crippen molar-refractivity contribution in [2.75, 3.05) is 11.9 Å². The Morgan fingerprint density at radius 2 is 1.76 bits per heavy atom. The maximum Gasteiger partial charge on any atom is 0.329 e. The van der Waals surface area contributed by atoms with Gasteiger partial charge < -0.3 is 15.0 Å². The standard InChI is InChI=1S/C34H46N2O5/c1-8-34(6,7)30(37)32(39)36-19-10-9-14-28(36)33(40)41-29(18-17-25-16-15-23(4)24(5)20-25)26-12-11-13-27(21-26)35-31(38)22(2)3/h11-13,15-16,20-22,28-29H,8-10,14,17-19H2,1-7H3,(H,35,38)/t28-,29+/m0/s1.